The first kappa shape index (κ1) is 9.70. The third-order valence-corrected chi connectivity index (χ3v) is 2.76. The maximum absolute atomic E-state index is 11.2. The Morgan fingerprint density at radius 3 is 2.38 bits per heavy atom. The van der Waals surface area contributed by atoms with E-state index in [1.807, 2.05) is 0 Å². The molecule has 0 saturated heterocycles. The maximum Gasteiger partial charge on any atom is 0.372 e. The van der Waals surface area contributed by atoms with E-state index >= 15 is 0 Å². The number of nitro groups is 1. The summed E-state index contributed by atoms with van der Waals surface area (Å²) in [6.45, 7) is 0. The van der Waals surface area contributed by atoms with Crippen molar-refractivity contribution in [1.29, 1.82) is 0 Å². The smallest absolute Gasteiger partial charge is 0.323 e. The van der Waals surface area contributed by atoms with Crippen molar-refractivity contribution in [3.63, 3.8) is 0 Å². The first-order valence-corrected chi connectivity index (χ1v) is 4.99. The lowest BCUT2D eigenvalue weighted by atomic mass is 10.4. The molecule has 0 aliphatic rings. The highest BCUT2D eigenvalue weighted by atomic mass is 31.2. The summed E-state index contributed by atoms with van der Waals surface area (Å²) in [6, 6.07) is 7.39. The van der Waals surface area contributed by atoms with E-state index in [1.54, 1.807) is 6.07 Å². The van der Waals surface area contributed by atoms with Gasteiger partial charge in [-0.2, -0.15) is 0 Å². The summed E-state index contributed by atoms with van der Waals surface area (Å²) in [5, 5.41) is 10.3. The molecule has 6 nitrogen and oxygen atoms in total. The first-order chi connectivity index (χ1) is 6.02. The molecule has 70 valence electrons. The Kier molecular flexibility index (Phi) is 2.65. The van der Waals surface area contributed by atoms with Crippen LogP contribution >= 0.6 is 7.52 Å². The van der Waals surface area contributed by atoms with Gasteiger partial charge in [0.15, 0.2) is 5.03 Å². The number of rotatable bonds is 3. The quantitative estimate of drug-likeness (QED) is 0.417. The molecule has 0 fully saturated rings. The number of hydrogen-bond donors (Lipinski definition) is 2. The number of nitrogens with one attached hydrogen (secondary N) is 1. The molecule has 1 aromatic carbocycles. The van der Waals surface area contributed by atoms with Crippen LogP contribution in [0.2, 0.25) is 0 Å². The molecule has 7 heteroatoms. The van der Waals surface area contributed by atoms with Crippen LogP contribution in [0.5, 0.6) is 0 Å². The summed E-state index contributed by atoms with van der Waals surface area (Å²) in [7, 11) is -4.05. The molecule has 0 radical (unpaired) electrons. The minimum absolute atomic E-state index is 0.00620. The van der Waals surface area contributed by atoms with Crippen molar-refractivity contribution in [3.8, 4) is 0 Å². The third kappa shape index (κ3) is 2.54. The van der Waals surface area contributed by atoms with Gasteiger partial charge < -0.3 is 4.89 Å². The fourth-order valence-electron chi connectivity index (χ4n) is 0.798. The van der Waals surface area contributed by atoms with Crippen molar-refractivity contribution in [2.24, 2.45) is 0 Å². The van der Waals surface area contributed by atoms with Crippen molar-refractivity contribution in [1.82, 2.24) is 5.20 Å². The van der Waals surface area contributed by atoms with Gasteiger partial charge >= 0.3 is 7.52 Å². The van der Waals surface area contributed by atoms with Crippen LogP contribution in [0, 0.1) is 10.1 Å². The van der Waals surface area contributed by atoms with Crippen LogP contribution in [0.25, 0.3) is 0 Å². The number of nitrogens with zero attached hydrogens (tertiary/aromatic N) is 1. The lowest BCUT2D eigenvalue weighted by Gasteiger charge is -2.06. The van der Waals surface area contributed by atoms with E-state index in [9.17, 15) is 14.7 Å². The van der Waals surface area contributed by atoms with Crippen LogP contribution in [0.15, 0.2) is 30.3 Å². The summed E-state index contributed by atoms with van der Waals surface area (Å²) in [6.07, 6.45) is 0. The minimum atomic E-state index is -4.05. The van der Waals surface area contributed by atoms with Crippen molar-refractivity contribution >= 4 is 12.8 Å². The van der Waals surface area contributed by atoms with Crippen LogP contribution in [0.4, 0.5) is 0 Å². The normalized spacial score (nSPS) is 14.5. The Morgan fingerprint density at radius 2 is 1.92 bits per heavy atom. The third-order valence-electron chi connectivity index (χ3n) is 1.32. The zero-order valence-electron chi connectivity index (χ0n) is 6.45. The van der Waals surface area contributed by atoms with Crippen LogP contribution in [-0.4, -0.2) is 9.93 Å². The SMILES string of the molecule is O=[N+]([O-])NP(=O)(O)c1ccccc1. The van der Waals surface area contributed by atoms with Gasteiger partial charge in [0, 0.05) is 0 Å². The number of hydrazine groups is 1. The second kappa shape index (κ2) is 3.55. The average Bonchev–Trinajstić information content (AvgIpc) is 2.04. The van der Waals surface area contributed by atoms with E-state index in [0.717, 1.165) is 0 Å². The monoisotopic (exact) mass is 202 g/mol. The van der Waals surface area contributed by atoms with Crippen molar-refractivity contribution in [2.45, 2.75) is 0 Å². The fraction of sp³-hybridized carbons (Fsp3) is 0. The van der Waals surface area contributed by atoms with Crippen LogP contribution < -0.4 is 10.5 Å². The maximum atomic E-state index is 11.2. The molecule has 1 unspecified atom stereocenters. The van der Waals surface area contributed by atoms with E-state index < -0.39 is 12.6 Å². The fourth-order valence-corrected chi connectivity index (χ4v) is 1.71. The summed E-state index contributed by atoms with van der Waals surface area (Å²) in [5.74, 6) is 0. The molecule has 2 N–H and O–H groups in total. The molecule has 1 rings (SSSR count). The summed E-state index contributed by atoms with van der Waals surface area (Å²) in [5.41, 5.74) is 0. The van der Waals surface area contributed by atoms with E-state index in [-0.39, 0.29) is 5.30 Å². The summed E-state index contributed by atoms with van der Waals surface area (Å²) < 4.78 is 11.2. The topological polar surface area (TPSA) is 92.5 Å². The molecule has 13 heavy (non-hydrogen) atoms. The van der Waals surface area contributed by atoms with Gasteiger partial charge in [0.25, 0.3) is 0 Å². The Labute approximate surface area is 73.8 Å². The lowest BCUT2D eigenvalue weighted by molar-refractivity contribution is -0.521. The van der Waals surface area contributed by atoms with Gasteiger partial charge in [-0.15, -0.1) is 0 Å². The Bertz CT molecular complexity index is 353. The van der Waals surface area contributed by atoms with Crippen molar-refractivity contribution < 1.29 is 14.5 Å². The molecule has 0 bridgehead atoms. The highest BCUT2D eigenvalue weighted by Crippen LogP contribution is 2.33. The lowest BCUT2D eigenvalue weighted by Crippen LogP contribution is -2.24. The molecule has 1 aromatic rings. The predicted octanol–water partition coefficient (Wildman–Crippen LogP) is 0.279. The molecule has 0 spiro atoms. The second-order valence-corrected chi connectivity index (χ2v) is 4.14. The molecule has 0 aromatic heterocycles. The standard InChI is InChI=1S/C6H7N2O4P/c9-8(10)7-13(11,12)6-4-2-1-3-5-6/h1-5H,(H2,7,11,12). The molecule has 0 aliphatic heterocycles. The highest BCUT2D eigenvalue weighted by molar-refractivity contribution is 7.63. The average molecular weight is 202 g/mol. The first-order valence-electron chi connectivity index (χ1n) is 3.33. The van der Waals surface area contributed by atoms with Crippen molar-refractivity contribution in [2.75, 3.05) is 0 Å². The molecular weight excluding hydrogens is 195 g/mol. The number of benzene rings is 1. The highest BCUT2D eigenvalue weighted by Gasteiger charge is 2.25. The zero-order chi connectivity index (χ0) is 9.90. The number of hydrogen-bond acceptors (Lipinski definition) is 3. The largest absolute Gasteiger partial charge is 0.372 e. The van der Waals surface area contributed by atoms with Gasteiger partial charge in [0.1, 0.15) is 0 Å². The van der Waals surface area contributed by atoms with Gasteiger partial charge in [0.2, 0.25) is 0 Å². The van der Waals surface area contributed by atoms with Gasteiger partial charge in [0.05, 0.1) is 5.30 Å². The zero-order valence-corrected chi connectivity index (χ0v) is 7.35. The van der Waals surface area contributed by atoms with Gasteiger partial charge in [-0.1, -0.05) is 23.4 Å². The van der Waals surface area contributed by atoms with E-state index in [2.05, 4.69) is 0 Å². The summed E-state index contributed by atoms with van der Waals surface area (Å²) in [4.78, 5) is 19.1. The van der Waals surface area contributed by atoms with Crippen LogP contribution in [0.3, 0.4) is 0 Å². The van der Waals surface area contributed by atoms with E-state index in [1.165, 1.54) is 29.5 Å². The van der Waals surface area contributed by atoms with Gasteiger partial charge in [-0.25, -0.2) is 10.1 Å². The Hall–Kier alpha value is -1.39. The molecule has 1 atom stereocenters. The van der Waals surface area contributed by atoms with Gasteiger partial charge in [-0.3, -0.25) is 4.57 Å². The molecule has 0 amide bonds. The van der Waals surface area contributed by atoms with Crippen molar-refractivity contribution in [3.05, 3.63) is 40.4 Å². The predicted molar refractivity (Wildman–Crippen MR) is 46.0 cm³/mol. The minimum Gasteiger partial charge on any atom is -0.323 e. The molecule has 0 heterocycles. The van der Waals surface area contributed by atoms with Gasteiger partial charge in [-0.05, 0) is 12.1 Å². The van der Waals surface area contributed by atoms with Crippen LogP contribution in [-0.2, 0) is 4.57 Å². The van der Waals surface area contributed by atoms with Crippen LogP contribution in [0.1, 0.15) is 0 Å². The molecule has 0 aliphatic carbocycles. The Balaban J connectivity index is 2.95. The molecular formula is C6H7N2O4P. The Morgan fingerprint density at radius 1 is 1.38 bits per heavy atom. The van der Waals surface area contributed by atoms with E-state index in [4.69, 9.17) is 4.89 Å². The molecule has 0 saturated carbocycles. The summed E-state index contributed by atoms with van der Waals surface area (Å²) >= 11 is 0. The second-order valence-electron chi connectivity index (χ2n) is 2.27. The van der Waals surface area contributed by atoms with E-state index in [0.29, 0.717) is 0 Å².